The van der Waals surface area contributed by atoms with Crippen LogP contribution in [-0.2, 0) is 14.3 Å². The van der Waals surface area contributed by atoms with Crippen molar-refractivity contribution in [3.63, 3.8) is 0 Å². The van der Waals surface area contributed by atoms with Gasteiger partial charge in [-0.2, -0.15) is 0 Å². The summed E-state index contributed by atoms with van der Waals surface area (Å²) < 4.78 is 4.75. The molecule has 21 heavy (non-hydrogen) atoms. The number of hydrogen-bond donors (Lipinski definition) is 3. The van der Waals surface area contributed by atoms with E-state index in [4.69, 9.17) is 4.74 Å². The van der Waals surface area contributed by atoms with Crippen molar-refractivity contribution in [1.82, 2.24) is 10.6 Å². The highest BCUT2D eigenvalue weighted by molar-refractivity contribution is 5.77. The Bertz CT molecular complexity index is 372. The van der Waals surface area contributed by atoms with Crippen molar-refractivity contribution < 1.29 is 24.2 Å². The number of amides is 2. The Balaban J connectivity index is 2.37. The summed E-state index contributed by atoms with van der Waals surface area (Å²) in [7, 11) is 0. The third-order valence-corrected chi connectivity index (χ3v) is 3.57. The fraction of sp³-hybridized carbons (Fsp3) is 0.786. The minimum absolute atomic E-state index is 0.105. The average Bonchev–Trinajstić information content (AvgIpc) is 2.64. The molecule has 0 aliphatic heterocycles. The quantitative estimate of drug-likeness (QED) is 0.506. The van der Waals surface area contributed by atoms with Gasteiger partial charge in [-0.1, -0.05) is 19.3 Å². The Morgan fingerprint density at radius 1 is 1.19 bits per heavy atom. The molecule has 7 nitrogen and oxygen atoms in total. The van der Waals surface area contributed by atoms with Crippen molar-refractivity contribution in [2.45, 2.75) is 51.5 Å². The van der Waals surface area contributed by atoms with Crippen LogP contribution in [0, 0.1) is 5.92 Å². The highest BCUT2D eigenvalue weighted by Gasteiger charge is 2.30. The maximum absolute atomic E-state index is 11.8. The van der Waals surface area contributed by atoms with E-state index in [1.807, 2.05) is 0 Å². The van der Waals surface area contributed by atoms with Gasteiger partial charge in [-0.25, -0.2) is 4.79 Å². The van der Waals surface area contributed by atoms with Crippen LogP contribution < -0.4 is 10.6 Å². The summed E-state index contributed by atoms with van der Waals surface area (Å²) in [5.41, 5.74) is 0. The maximum Gasteiger partial charge on any atom is 0.315 e. The minimum atomic E-state index is -0.867. The van der Waals surface area contributed by atoms with E-state index < -0.39 is 17.9 Å². The molecule has 3 N–H and O–H groups in total. The van der Waals surface area contributed by atoms with Crippen LogP contribution in [0.25, 0.3) is 0 Å². The van der Waals surface area contributed by atoms with Gasteiger partial charge in [-0.3, -0.25) is 9.59 Å². The van der Waals surface area contributed by atoms with Gasteiger partial charge in [0, 0.05) is 12.6 Å². The molecule has 1 fully saturated rings. The van der Waals surface area contributed by atoms with E-state index in [-0.39, 0.29) is 25.0 Å². The number of esters is 1. The summed E-state index contributed by atoms with van der Waals surface area (Å²) in [4.78, 5) is 34.1. The zero-order valence-electron chi connectivity index (χ0n) is 12.4. The molecule has 1 aliphatic rings. The molecule has 1 rings (SSSR count). The van der Waals surface area contributed by atoms with Crippen molar-refractivity contribution in [1.29, 1.82) is 0 Å². The number of carbonyl (C=O) groups is 3. The van der Waals surface area contributed by atoms with Gasteiger partial charge in [0.1, 0.15) is 0 Å². The van der Waals surface area contributed by atoms with E-state index in [1.54, 1.807) is 6.92 Å². The van der Waals surface area contributed by atoms with E-state index in [0.717, 1.165) is 19.3 Å². The topological polar surface area (TPSA) is 105 Å². The SMILES string of the molecule is CCOC(=O)CCNC(=O)NC1CCCCCC1C(=O)O. The van der Waals surface area contributed by atoms with Crippen LogP contribution >= 0.6 is 0 Å². The summed E-state index contributed by atoms with van der Waals surface area (Å²) in [5.74, 6) is -1.77. The first kappa shape index (κ1) is 17.3. The molecule has 1 aliphatic carbocycles. The minimum Gasteiger partial charge on any atom is -0.481 e. The van der Waals surface area contributed by atoms with Crippen molar-refractivity contribution in [2.75, 3.05) is 13.2 Å². The van der Waals surface area contributed by atoms with Crippen LogP contribution in [0.1, 0.15) is 45.4 Å². The number of ether oxygens (including phenoxy) is 1. The van der Waals surface area contributed by atoms with Gasteiger partial charge in [0.05, 0.1) is 18.9 Å². The molecule has 0 radical (unpaired) electrons. The number of urea groups is 1. The lowest BCUT2D eigenvalue weighted by Crippen LogP contribution is -2.47. The van der Waals surface area contributed by atoms with Crippen molar-refractivity contribution in [3.8, 4) is 0 Å². The zero-order chi connectivity index (χ0) is 15.7. The highest BCUT2D eigenvalue weighted by Crippen LogP contribution is 2.23. The number of hydrogen-bond acceptors (Lipinski definition) is 4. The Morgan fingerprint density at radius 2 is 1.90 bits per heavy atom. The van der Waals surface area contributed by atoms with E-state index >= 15 is 0 Å². The molecule has 7 heteroatoms. The first-order valence-corrected chi connectivity index (χ1v) is 7.47. The number of carbonyl (C=O) groups excluding carboxylic acids is 2. The second kappa shape index (κ2) is 9.20. The lowest BCUT2D eigenvalue weighted by molar-refractivity contribution is -0.143. The molecular formula is C14H24N2O5. The molecule has 0 saturated heterocycles. The van der Waals surface area contributed by atoms with Gasteiger partial charge < -0.3 is 20.5 Å². The van der Waals surface area contributed by atoms with E-state index in [2.05, 4.69) is 10.6 Å². The molecule has 2 atom stereocenters. The molecule has 2 amide bonds. The van der Waals surface area contributed by atoms with Crippen LogP contribution in [0.4, 0.5) is 4.79 Å². The summed E-state index contributed by atoms with van der Waals surface area (Å²) in [6.45, 7) is 2.21. The second-order valence-corrected chi connectivity index (χ2v) is 5.14. The third kappa shape index (κ3) is 6.46. The largest absolute Gasteiger partial charge is 0.481 e. The smallest absolute Gasteiger partial charge is 0.315 e. The molecule has 1 saturated carbocycles. The number of carboxylic acid groups (broad SMARTS) is 1. The van der Waals surface area contributed by atoms with Crippen LogP contribution in [0.15, 0.2) is 0 Å². The molecule has 0 heterocycles. The Morgan fingerprint density at radius 3 is 2.57 bits per heavy atom. The van der Waals surface area contributed by atoms with Gasteiger partial charge in [0.15, 0.2) is 0 Å². The fourth-order valence-corrected chi connectivity index (χ4v) is 2.51. The molecule has 120 valence electrons. The van der Waals surface area contributed by atoms with Crippen molar-refractivity contribution in [2.24, 2.45) is 5.92 Å². The second-order valence-electron chi connectivity index (χ2n) is 5.14. The number of rotatable bonds is 6. The van der Waals surface area contributed by atoms with Crippen molar-refractivity contribution in [3.05, 3.63) is 0 Å². The molecule has 0 aromatic heterocycles. The fourth-order valence-electron chi connectivity index (χ4n) is 2.51. The molecule has 2 unspecified atom stereocenters. The van der Waals surface area contributed by atoms with Gasteiger partial charge in [0.2, 0.25) is 0 Å². The molecule has 0 bridgehead atoms. The van der Waals surface area contributed by atoms with Gasteiger partial charge in [-0.15, -0.1) is 0 Å². The van der Waals surface area contributed by atoms with Crippen LogP contribution in [0.2, 0.25) is 0 Å². The van der Waals surface area contributed by atoms with E-state index in [0.29, 0.717) is 19.4 Å². The van der Waals surface area contributed by atoms with Crippen LogP contribution in [0.5, 0.6) is 0 Å². The normalized spacial score (nSPS) is 22.0. The summed E-state index contributed by atoms with van der Waals surface area (Å²) >= 11 is 0. The number of aliphatic carboxylic acids is 1. The summed E-state index contributed by atoms with van der Waals surface area (Å²) in [6, 6.07) is -0.787. The van der Waals surface area contributed by atoms with Crippen LogP contribution in [-0.4, -0.2) is 42.3 Å². The number of nitrogens with one attached hydrogen (secondary N) is 2. The Hall–Kier alpha value is -1.79. The zero-order valence-corrected chi connectivity index (χ0v) is 12.4. The molecular weight excluding hydrogens is 276 g/mol. The lowest BCUT2D eigenvalue weighted by Gasteiger charge is -2.22. The Kier molecular flexibility index (Phi) is 7.56. The monoisotopic (exact) mass is 300 g/mol. The first-order valence-electron chi connectivity index (χ1n) is 7.47. The predicted octanol–water partition coefficient (Wildman–Crippen LogP) is 1.27. The summed E-state index contributed by atoms with van der Waals surface area (Å²) in [6.07, 6.45) is 4.14. The third-order valence-electron chi connectivity index (χ3n) is 3.57. The molecule has 0 spiro atoms. The van der Waals surface area contributed by atoms with Crippen LogP contribution in [0.3, 0.4) is 0 Å². The van der Waals surface area contributed by atoms with Crippen molar-refractivity contribution >= 4 is 18.0 Å². The van der Waals surface area contributed by atoms with Gasteiger partial charge in [-0.05, 0) is 19.8 Å². The molecule has 0 aromatic rings. The highest BCUT2D eigenvalue weighted by atomic mass is 16.5. The van der Waals surface area contributed by atoms with Gasteiger partial charge >= 0.3 is 18.0 Å². The van der Waals surface area contributed by atoms with Gasteiger partial charge in [0.25, 0.3) is 0 Å². The maximum atomic E-state index is 11.8. The summed E-state index contributed by atoms with van der Waals surface area (Å²) in [5, 5.41) is 14.5. The predicted molar refractivity (Wildman–Crippen MR) is 75.8 cm³/mol. The van der Waals surface area contributed by atoms with E-state index in [9.17, 15) is 19.5 Å². The average molecular weight is 300 g/mol. The standard InChI is InChI=1S/C14H24N2O5/c1-2-21-12(17)8-9-15-14(20)16-11-7-5-3-4-6-10(11)13(18)19/h10-11H,2-9H2,1H3,(H,18,19)(H2,15,16,20). The first-order chi connectivity index (χ1) is 10.0. The molecule has 0 aromatic carbocycles. The number of carboxylic acids is 1. The lowest BCUT2D eigenvalue weighted by atomic mass is 9.95. The Labute approximate surface area is 124 Å². The van der Waals surface area contributed by atoms with E-state index in [1.165, 1.54) is 0 Å².